The Hall–Kier alpha value is -0.0800. The van der Waals surface area contributed by atoms with Gasteiger partial charge in [-0.1, -0.05) is 20.3 Å². The minimum atomic E-state index is 0.213. The predicted molar refractivity (Wildman–Crippen MR) is 55.3 cm³/mol. The standard InChI is InChI=1S/C10H24N2/c1-5-7-10(3,9-11)12(4)8-6-2/h5-9,11H2,1-4H3. The number of nitrogens with zero attached hydrogens (tertiary/aromatic N) is 1. The van der Waals surface area contributed by atoms with Crippen molar-refractivity contribution in [2.75, 3.05) is 20.1 Å². The molecule has 0 bridgehead atoms. The highest BCUT2D eigenvalue weighted by Crippen LogP contribution is 2.18. The normalized spacial score (nSPS) is 16.5. The summed E-state index contributed by atoms with van der Waals surface area (Å²) >= 11 is 0. The molecule has 0 amide bonds. The van der Waals surface area contributed by atoms with E-state index in [1.165, 1.54) is 19.3 Å². The van der Waals surface area contributed by atoms with Gasteiger partial charge in [-0.2, -0.15) is 0 Å². The van der Waals surface area contributed by atoms with Crippen LogP contribution in [-0.4, -0.2) is 30.6 Å². The van der Waals surface area contributed by atoms with E-state index in [0.717, 1.165) is 13.1 Å². The van der Waals surface area contributed by atoms with Crippen LogP contribution in [0.25, 0.3) is 0 Å². The van der Waals surface area contributed by atoms with E-state index < -0.39 is 0 Å². The van der Waals surface area contributed by atoms with Gasteiger partial charge in [-0.15, -0.1) is 0 Å². The molecule has 12 heavy (non-hydrogen) atoms. The van der Waals surface area contributed by atoms with Crippen LogP contribution in [0.5, 0.6) is 0 Å². The van der Waals surface area contributed by atoms with Crippen molar-refractivity contribution in [2.24, 2.45) is 5.73 Å². The summed E-state index contributed by atoms with van der Waals surface area (Å²) in [6.07, 6.45) is 3.61. The van der Waals surface area contributed by atoms with Crippen LogP contribution in [0.4, 0.5) is 0 Å². The number of hydrogen-bond acceptors (Lipinski definition) is 2. The van der Waals surface area contributed by atoms with Crippen molar-refractivity contribution in [3.05, 3.63) is 0 Å². The molecule has 1 unspecified atom stereocenters. The molecule has 0 radical (unpaired) electrons. The highest BCUT2D eigenvalue weighted by atomic mass is 15.2. The quantitative estimate of drug-likeness (QED) is 0.662. The average Bonchev–Trinajstić information content (AvgIpc) is 2.05. The van der Waals surface area contributed by atoms with Gasteiger partial charge < -0.3 is 5.73 Å². The molecular weight excluding hydrogens is 148 g/mol. The first-order valence-electron chi connectivity index (χ1n) is 5.02. The fraction of sp³-hybridized carbons (Fsp3) is 1.00. The van der Waals surface area contributed by atoms with Crippen molar-refractivity contribution in [1.29, 1.82) is 0 Å². The average molecular weight is 172 g/mol. The van der Waals surface area contributed by atoms with Crippen LogP contribution in [0, 0.1) is 0 Å². The Morgan fingerprint density at radius 2 is 1.83 bits per heavy atom. The van der Waals surface area contributed by atoms with E-state index in [-0.39, 0.29) is 5.54 Å². The second-order valence-corrected chi connectivity index (χ2v) is 3.87. The van der Waals surface area contributed by atoms with Gasteiger partial charge >= 0.3 is 0 Å². The van der Waals surface area contributed by atoms with E-state index in [1.807, 2.05) is 0 Å². The molecule has 0 heterocycles. The Kier molecular flexibility index (Phi) is 5.51. The maximum Gasteiger partial charge on any atom is 0.0300 e. The molecule has 0 fully saturated rings. The third kappa shape index (κ3) is 3.11. The van der Waals surface area contributed by atoms with Gasteiger partial charge in [0.1, 0.15) is 0 Å². The molecule has 0 saturated carbocycles. The second-order valence-electron chi connectivity index (χ2n) is 3.87. The van der Waals surface area contributed by atoms with E-state index in [2.05, 4.69) is 32.7 Å². The molecule has 0 rings (SSSR count). The number of rotatable bonds is 6. The van der Waals surface area contributed by atoms with E-state index >= 15 is 0 Å². The largest absolute Gasteiger partial charge is 0.329 e. The lowest BCUT2D eigenvalue weighted by molar-refractivity contribution is 0.133. The van der Waals surface area contributed by atoms with Crippen molar-refractivity contribution in [3.8, 4) is 0 Å². The minimum Gasteiger partial charge on any atom is -0.329 e. The third-order valence-corrected chi connectivity index (χ3v) is 2.71. The van der Waals surface area contributed by atoms with Gasteiger partial charge in [0.2, 0.25) is 0 Å². The first-order valence-corrected chi connectivity index (χ1v) is 5.02. The minimum absolute atomic E-state index is 0.213. The molecule has 0 aliphatic carbocycles. The Bertz CT molecular complexity index is 114. The summed E-state index contributed by atoms with van der Waals surface area (Å²) in [5.74, 6) is 0. The van der Waals surface area contributed by atoms with Crippen molar-refractivity contribution in [2.45, 2.75) is 45.6 Å². The Labute approximate surface area is 77.1 Å². The van der Waals surface area contributed by atoms with Crippen LogP contribution >= 0.6 is 0 Å². The molecule has 2 N–H and O–H groups in total. The summed E-state index contributed by atoms with van der Waals surface area (Å²) in [5.41, 5.74) is 6.00. The van der Waals surface area contributed by atoms with Crippen LogP contribution in [0.2, 0.25) is 0 Å². The van der Waals surface area contributed by atoms with Crippen molar-refractivity contribution in [3.63, 3.8) is 0 Å². The van der Waals surface area contributed by atoms with Crippen LogP contribution in [0.3, 0.4) is 0 Å². The number of nitrogens with two attached hydrogens (primary N) is 1. The Morgan fingerprint density at radius 3 is 2.17 bits per heavy atom. The molecule has 0 aromatic heterocycles. The molecular formula is C10H24N2. The van der Waals surface area contributed by atoms with Crippen molar-refractivity contribution < 1.29 is 0 Å². The van der Waals surface area contributed by atoms with Crippen LogP contribution in [0.15, 0.2) is 0 Å². The summed E-state index contributed by atoms with van der Waals surface area (Å²) in [6, 6.07) is 0. The molecule has 74 valence electrons. The van der Waals surface area contributed by atoms with Gasteiger partial charge in [0.15, 0.2) is 0 Å². The predicted octanol–water partition coefficient (Wildman–Crippen LogP) is 1.85. The van der Waals surface area contributed by atoms with E-state index in [4.69, 9.17) is 5.73 Å². The summed E-state index contributed by atoms with van der Waals surface area (Å²) < 4.78 is 0. The summed E-state index contributed by atoms with van der Waals surface area (Å²) in [6.45, 7) is 8.59. The second kappa shape index (κ2) is 5.55. The lowest BCUT2D eigenvalue weighted by Gasteiger charge is -2.37. The summed E-state index contributed by atoms with van der Waals surface area (Å²) in [5, 5.41) is 0. The molecule has 2 nitrogen and oxygen atoms in total. The van der Waals surface area contributed by atoms with Crippen LogP contribution in [0.1, 0.15) is 40.0 Å². The van der Waals surface area contributed by atoms with Gasteiger partial charge in [-0.05, 0) is 33.4 Å². The zero-order valence-electron chi connectivity index (χ0n) is 9.06. The lowest BCUT2D eigenvalue weighted by atomic mass is 9.94. The zero-order valence-corrected chi connectivity index (χ0v) is 9.06. The summed E-state index contributed by atoms with van der Waals surface area (Å²) in [7, 11) is 2.17. The maximum absolute atomic E-state index is 5.78. The molecule has 1 atom stereocenters. The first kappa shape index (κ1) is 11.9. The number of likely N-dealkylation sites (N-methyl/N-ethyl adjacent to an activating group) is 1. The molecule has 0 aliphatic rings. The highest BCUT2D eigenvalue weighted by molar-refractivity contribution is 4.84. The van der Waals surface area contributed by atoms with Gasteiger partial charge in [0.25, 0.3) is 0 Å². The van der Waals surface area contributed by atoms with Gasteiger partial charge in [0.05, 0.1) is 0 Å². The third-order valence-electron chi connectivity index (χ3n) is 2.71. The van der Waals surface area contributed by atoms with Crippen molar-refractivity contribution in [1.82, 2.24) is 4.90 Å². The fourth-order valence-corrected chi connectivity index (χ4v) is 1.59. The number of hydrogen-bond donors (Lipinski definition) is 1. The first-order chi connectivity index (χ1) is 5.60. The highest BCUT2D eigenvalue weighted by Gasteiger charge is 2.25. The van der Waals surface area contributed by atoms with Crippen molar-refractivity contribution >= 4 is 0 Å². The molecule has 0 aliphatic heterocycles. The molecule has 2 heteroatoms. The van der Waals surface area contributed by atoms with E-state index in [1.54, 1.807) is 0 Å². The topological polar surface area (TPSA) is 29.3 Å². The fourth-order valence-electron chi connectivity index (χ4n) is 1.59. The molecule has 0 aromatic carbocycles. The van der Waals surface area contributed by atoms with Gasteiger partial charge in [-0.3, -0.25) is 4.90 Å². The maximum atomic E-state index is 5.78. The van der Waals surface area contributed by atoms with Crippen LogP contribution < -0.4 is 5.73 Å². The monoisotopic (exact) mass is 172 g/mol. The Morgan fingerprint density at radius 1 is 1.25 bits per heavy atom. The lowest BCUT2D eigenvalue weighted by Crippen LogP contribution is -2.49. The molecule has 0 aromatic rings. The SMILES string of the molecule is CCCN(C)C(C)(CN)CCC. The van der Waals surface area contributed by atoms with Gasteiger partial charge in [-0.25, -0.2) is 0 Å². The summed E-state index contributed by atoms with van der Waals surface area (Å²) in [4.78, 5) is 2.39. The molecule has 0 saturated heterocycles. The smallest absolute Gasteiger partial charge is 0.0300 e. The zero-order chi connectivity index (χ0) is 9.61. The van der Waals surface area contributed by atoms with E-state index in [0.29, 0.717) is 0 Å². The van der Waals surface area contributed by atoms with Gasteiger partial charge in [0, 0.05) is 12.1 Å². The van der Waals surface area contributed by atoms with E-state index in [9.17, 15) is 0 Å². The molecule has 0 spiro atoms. The Balaban J connectivity index is 4.08. The van der Waals surface area contributed by atoms with Crippen LogP contribution in [-0.2, 0) is 0 Å².